The van der Waals surface area contributed by atoms with E-state index >= 15 is 0 Å². The normalized spacial score (nSPS) is 13.7. The van der Waals surface area contributed by atoms with Gasteiger partial charge in [-0.15, -0.1) is 0 Å². The van der Waals surface area contributed by atoms with Gasteiger partial charge in [-0.2, -0.15) is 0 Å². The molecule has 0 aliphatic carbocycles. The molecule has 4 rings (SSSR count). The molecule has 0 bridgehead atoms. The highest BCUT2D eigenvalue weighted by Crippen LogP contribution is 2.32. The van der Waals surface area contributed by atoms with E-state index in [9.17, 15) is 14.0 Å². The van der Waals surface area contributed by atoms with Crippen LogP contribution >= 0.6 is 66.1 Å². The Bertz CT molecular complexity index is 1270. The van der Waals surface area contributed by atoms with Gasteiger partial charge in [0, 0.05) is 43.7 Å². The molecular formula is C24H18Br2ClFIN3O2. The molecule has 0 atom stereocenters. The average Bonchev–Trinajstić information content (AvgIpc) is 2.81. The Kier molecular flexibility index (Phi) is 8.16. The van der Waals surface area contributed by atoms with E-state index in [1.165, 1.54) is 12.1 Å². The molecule has 1 aliphatic rings. The minimum absolute atomic E-state index is 0.0742. The average molecular weight is 722 g/mol. The highest BCUT2D eigenvalue weighted by Gasteiger charge is 2.26. The van der Waals surface area contributed by atoms with E-state index in [0.29, 0.717) is 42.5 Å². The smallest absolute Gasteiger partial charge is 0.256 e. The monoisotopic (exact) mass is 719 g/mol. The maximum absolute atomic E-state index is 14.1. The first-order valence-corrected chi connectivity index (χ1v) is 13.3. The second-order valence-electron chi connectivity index (χ2n) is 7.62. The third-order valence-corrected chi connectivity index (χ3v) is 8.68. The fraction of sp³-hybridized carbons (Fsp3) is 0.167. The van der Waals surface area contributed by atoms with Crippen LogP contribution in [0, 0.1) is 9.39 Å². The molecule has 1 aliphatic heterocycles. The van der Waals surface area contributed by atoms with Crippen LogP contribution in [0.5, 0.6) is 0 Å². The predicted octanol–water partition coefficient (Wildman–Crippen LogP) is 6.82. The zero-order valence-electron chi connectivity index (χ0n) is 17.6. The number of rotatable bonds is 4. The second kappa shape index (κ2) is 10.9. The fourth-order valence-electron chi connectivity index (χ4n) is 3.75. The van der Waals surface area contributed by atoms with E-state index in [0.717, 1.165) is 18.2 Å². The third-order valence-electron chi connectivity index (χ3n) is 5.46. The van der Waals surface area contributed by atoms with E-state index in [2.05, 4.69) is 64.7 Å². The van der Waals surface area contributed by atoms with Gasteiger partial charge in [0.2, 0.25) is 0 Å². The van der Waals surface area contributed by atoms with Gasteiger partial charge in [0.1, 0.15) is 5.82 Å². The van der Waals surface area contributed by atoms with E-state index in [4.69, 9.17) is 11.6 Å². The summed E-state index contributed by atoms with van der Waals surface area (Å²) in [7, 11) is 0. The Hall–Kier alpha value is -1.69. The van der Waals surface area contributed by atoms with Crippen LogP contribution < -0.4 is 10.2 Å². The van der Waals surface area contributed by atoms with E-state index < -0.39 is 5.82 Å². The molecule has 0 radical (unpaired) electrons. The van der Waals surface area contributed by atoms with Crippen LogP contribution in [0.25, 0.3) is 0 Å². The molecule has 176 valence electrons. The summed E-state index contributed by atoms with van der Waals surface area (Å²) in [6.45, 7) is 1.93. The standard InChI is InChI=1S/C24H18Br2ClFIN3O2/c25-14-11-17(22(29)18(26)12-14)23(33)30-20-13-15(27)5-6-21(20)31-7-9-32(10-8-31)24(34)16-3-1-2-4-19(16)28/h1-6,11-13H,7-10H2,(H,30,33). The Labute approximate surface area is 232 Å². The Morgan fingerprint density at radius 3 is 2.38 bits per heavy atom. The summed E-state index contributed by atoms with van der Waals surface area (Å²) in [6.07, 6.45) is 0. The minimum Gasteiger partial charge on any atom is -0.366 e. The van der Waals surface area contributed by atoms with Crippen LogP contribution in [0.4, 0.5) is 15.8 Å². The first kappa shape index (κ1) is 25.4. The number of carbonyl (C=O) groups is 2. The molecule has 3 aromatic carbocycles. The highest BCUT2D eigenvalue weighted by molar-refractivity contribution is 14.1. The number of anilines is 2. The number of carbonyl (C=O) groups excluding carboxylic acids is 2. The molecule has 5 nitrogen and oxygen atoms in total. The van der Waals surface area contributed by atoms with Gasteiger partial charge < -0.3 is 15.1 Å². The van der Waals surface area contributed by atoms with Crippen LogP contribution in [-0.2, 0) is 0 Å². The van der Waals surface area contributed by atoms with Crippen molar-refractivity contribution >= 4 is 89.2 Å². The number of nitrogens with one attached hydrogen (secondary N) is 1. The topological polar surface area (TPSA) is 52.7 Å². The van der Waals surface area contributed by atoms with Crippen LogP contribution in [0.1, 0.15) is 20.7 Å². The van der Waals surface area contributed by atoms with Crippen molar-refractivity contribution in [2.75, 3.05) is 36.4 Å². The number of amides is 2. The summed E-state index contributed by atoms with van der Waals surface area (Å²) in [4.78, 5) is 29.6. The van der Waals surface area contributed by atoms with E-state index in [-0.39, 0.29) is 17.4 Å². The summed E-state index contributed by atoms with van der Waals surface area (Å²) in [6, 6.07) is 15.0. The molecule has 1 N–H and O–H groups in total. The number of piperazine rings is 1. The van der Waals surface area contributed by atoms with Gasteiger partial charge >= 0.3 is 0 Å². The maximum Gasteiger partial charge on any atom is 0.256 e. The lowest BCUT2D eigenvalue weighted by Gasteiger charge is -2.37. The first-order chi connectivity index (χ1) is 16.2. The quantitative estimate of drug-likeness (QED) is 0.238. The molecule has 0 aromatic heterocycles. The number of benzene rings is 3. The summed E-state index contributed by atoms with van der Waals surface area (Å²) >= 11 is 15.3. The van der Waals surface area contributed by atoms with Gasteiger partial charge in [0.05, 0.1) is 22.5 Å². The first-order valence-electron chi connectivity index (χ1n) is 10.3. The molecule has 1 saturated heterocycles. The van der Waals surface area contributed by atoms with Crippen molar-refractivity contribution in [3.05, 3.63) is 89.1 Å². The van der Waals surface area contributed by atoms with Crippen LogP contribution in [0.2, 0.25) is 5.02 Å². The molecule has 1 fully saturated rings. The summed E-state index contributed by atoms with van der Waals surface area (Å²) < 4.78 is 16.4. The SMILES string of the molecule is O=C(Nc1cc(Cl)ccc1N1CCN(C(=O)c2ccccc2F)CC1)c1cc(Br)cc(Br)c1I. The predicted molar refractivity (Wildman–Crippen MR) is 148 cm³/mol. The Morgan fingerprint density at radius 1 is 0.971 bits per heavy atom. The molecule has 3 aromatic rings. The number of halogens is 5. The molecule has 0 spiro atoms. The number of hydrogen-bond acceptors (Lipinski definition) is 3. The van der Waals surface area contributed by atoms with Gasteiger partial charge in [-0.1, -0.05) is 39.7 Å². The number of hydrogen-bond donors (Lipinski definition) is 1. The summed E-state index contributed by atoms with van der Waals surface area (Å²) in [5.74, 6) is -1.10. The van der Waals surface area contributed by atoms with Crippen molar-refractivity contribution in [3.8, 4) is 0 Å². The molecule has 1 heterocycles. The lowest BCUT2D eigenvalue weighted by Crippen LogP contribution is -2.49. The van der Waals surface area contributed by atoms with Gasteiger partial charge in [-0.3, -0.25) is 9.59 Å². The van der Waals surface area contributed by atoms with Crippen molar-refractivity contribution < 1.29 is 14.0 Å². The molecule has 2 amide bonds. The van der Waals surface area contributed by atoms with Crippen molar-refractivity contribution in [2.45, 2.75) is 0 Å². The lowest BCUT2D eigenvalue weighted by molar-refractivity contribution is 0.0742. The zero-order valence-corrected chi connectivity index (χ0v) is 23.7. The van der Waals surface area contributed by atoms with Gasteiger partial charge in [-0.25, -0.2) is 4.39 Å². The Balaban J connectivity index is 1.52. The Morgan fingerprint density at radius 2 is 1.68 bits per heavy atom. The van der Waals surface area contributed by atoms with Gasteiger partial charge in [0.25, 0.3) is 11.8 Å². The lowest BCUT2D eigenvalue weighted by atomic mass is 10.1. The van der Waals surface area contributed by atoms with Gasteiger partial charge in [0.15, 0.2) is 0 Å². The van der Waals surface area contributed by atoms with Crippen LogP contribution in [-0.4, -0.2) is 42.9 Å². The molecule has 10 heteroatoms. The summed E-state index contributed by atoms with van der Waals surface area (Å²) in [5, 5.41) is 3.48. The van der Waals surface area contributed by atoms with Crippen molar-refractivity contribution in [3.63, 3.8) is 0 Å². The van der Waals surface area contributed by atoms with Crippen molar-refractivity contribution in [1.29, 1.82) is 0 Å². The van der Waals surface area contributed by atoms with E-state index in [1.807, 2.05) is 12.1 Å². The van der Waals surface area contributed by atoms with Gasteiger partial charge in [-0.05, 0) is 81.0 Å². The van der Waals surface area contributed by atoms with Crippen LogP contribution in [0.15, 0.2) is 63.5 Å². The maximum atomic E-state index is 14.1. The molecular weight excluding hydrogens is 703 g/mol. The molecule has 34 heavy (non-hydrogen) atoms. The van der Waals surface area contributed by atoms with Crippen LogP contribution in [0.3, 0.4) is 0 Å². The third kappa shape index (κ3) is 5.58. The molecule has 0 saturated carbocycles. The van der Waals surface area contributed by atoms with Crippen molar-refractivity contribution in [1.82, 2.24) is 4.90 Å². The zero-order chi connectivity index (χ0) is 24.4. The highest BCUT2D eigenvalue weighted by atomic mass is 127. The largest absolute Gasteiger partial charge is 0.366 e. The fourth-order valence-corrected chi connectivity index (χ4v) is 5.70. The van der Waals surface area contributed by atoms with Crippen molar-refractivity contribution in [2.24, 2.45) is 0 Å². The molecule has 0 unspecified atom stereocenters. The minimum atomic E-state index is -0.522. The second-order valence-corrected chi connectivity index (χ2v) is 10.9. The van der Waals surface area contributed by atoms with E-state index in [1.54, 1.807) is 35.2 Å². The summed E-state index contributed by atoms with van der Waals surface area (Å²) in [5.41, 5.74) is 1.98. The number of nitrogens with zero attached hydrogens (tertiary/aromatic N) is 2.